The van der Waals surface area contributed by atoms with Crippen molar-refractivity contribution in [3.05, 3.63) is 58.5 Å². The minimum absolute atomic E-state index is 0.0319. The second kappa shape index (κ2) is 6.13. The Hall–Kier alpha value is -2.60. The van der Waals surface area contributed by atoms with Gasteiger partial charge in [0.2, 0.25) is 5.91 Å². The maximum absolute atomic E-state index is 12.4. The van der Waals surface area contributed by atoms with Gasteiger partial charge in [0.1, 0.15) is 0 Å². The van der Waals surface area contributed by atoms with Crippen molar-refractivity contribution in [1.29, 1.82) is 0 Å². The van der Waals surface area contributed by atoms with Crippen LogP contribution in [0.3, 0.4) is 0 Å². The molecule has 0 N–H and O–H groups in total. The Balaban J connectivity index is 1.73. The number of carbonyl (C=O) groups excluding carboxylic acids is 1. The molecule has 0 saturated carbocycles. The number of hydrogen-bond donors (Lipinski definition) is 0. The molecular formula is C18H16N4OS. The predicted molar refractivity (Wildman–Crippen MR) is 94.9 cm³/mol. The third-order valence-electron chi connectivity index (χ3n) is 4.20. The van der Waals surface area contributed by atoms with E-state index in [1.165, 1.54) is 0 Å². The average molecular weight is 336 g/mol. The fourth-order valence-electron chi connectivity index (χ4n) is 2.95. The van der Waals surface area contributed by atoms with Gasteiger partial charge in [-0.05, 0) is 34.5 Å². The zero-order valence-electron chi connectivity index (χ0n) is 13.2. The molecule has 1 atom stereocenters. The highest BCUT2D eigenvalue weighted by Gasteiger charge is 2.32. The molecule has 120 valence electrons. The second-order valence-corrected chi connectivity index (χ2v) is 6.46. The van der Waals surface area contributed by atoms with Gasteiger partial charge in [0.05, 0.1) is 22.8 Å². The number of aromatic nitrogens is 2. The first-order valence-corrected chi connectivity index (χ1v) is 8.83. The maximum atomic E-state index is 12.4. The Kier molecular flexibility index (Phi) is 3.82. The van der Waals surface area contributed by atoms with Crippen molar-refractivity contribution in [2.75, 3.05) is 0 Å². The van der Waals surface area contributed by atoms with Crippen LogP contribution in [0.2, 0.25) is 0 Å². The molecule has 5 nitrogen and oxygen atoms in total. The fourth-order valence-corrected chi connectivity index (χ4v) is 3.62. The first kappa shape index (κ1) is 15.0. The van der Waals surface area contributed by atoms with Crippen LogP contribution in [0, 0.1) is 0 Å². The molecule has 0 unspecified atom stereocenters. The van der Waals surface area contributed by atoms with Crippen molar-refractivity contribution in [3.63, 3.8) is 0 Å². The maximum Gasteiger partial charge on any atom is 0.242 e. The molecule has 4 rings (SSSR count). The quantitative estimate of drug-likeness (QED) is 0.731. The zero-order chi connectivity index (χ0) is 16.5. The standard InChI is InChI=1S/C18H16N4OS/c1-2-18(23)22-17(10-15(21-22)13-5-8-24-11-13)12-3-4-14-16(9-12)20-7-6-19-14/h3-9,11,17H,2,10H2,1H3/t17-/m0/s1. The number of hydrogen-bond acceptors (Lipinski definition) is 5. The van der Waals surface area contributed by atoms with Crippen LogP contribution in [-0.2, 0) is 4.79 Å². The van der Waals surface area contributed by atoms with Crippen LogP contribution in [0.15, 0.2) is 52.5 Å². The SMILES string of the molecule is CCC(=O)N1N=C(c2ccsc2)C[C@H]1c1ccc2nccnc2c1. The first-order chi connectivity index (χ1) is 11.8. The number of rotatable bonds is 3. The van der Waals surface area contributed by atoms with Crippen molar-refractivity contribution in [2.24, 2.45) is 5.10 Å². The summed E-state index contributed by atoms with van der Waals surface area (Å²) in [6.45, 7) is 1.86. The number of benzene rings is 1. The van der Waals surface area contributed by atoms with Gasteiger partial charge in [0.15, 0.2) is 0 Å². The smallest absolute Gasteiger partial charge is 0.242 e. The van der Waals surface area contributed by atoms with E-state index in [4.69, 9.17) is 0 Å². The van der Waals surface area contributed by atoms with Gasteiger partial charge in [-0.3, -0.25) is 14.8 Å². The van der Waals surface area contributed by atoms with E-state index < -0.39 is 0 Å². The van der Waals surface area contributed by atoms with Crippen molar-refractivity contribution in [3.8, 4) is 0 Å². The van der Waals surface area contributed by atoms with Crippen LogP contribution in [0.25, 0.3) is 11.0 Å². The predicted octanol–water partition coefficient (Wildman–Crippen LogP) is 3.78. The molecule has 2 aromatic heterocycles. The summed E-state index contributed by atoms with van der Waals surface area (Å²) in [5.41, 5.74) is 4.78. The van der Waals surface area contributed by atoms with E-state index in [0.717, 1.165) is 27.9 Å². The van der Waals surface area contributed by atoms with Crippen LogP contribution >= 0.6 is 11.3 Å². The lowest BCUT2D eigenvalue weighted by atomic mass is 9.99. The van der Waals surface area contributed by atoms with Crippen LogP contribution in [0.5, 0.6) is 0 Å². The molecule has 1 aliphatic rings. The van der Waals surface area contributed by atoms with E-state index in [1.54, 1.807) is 28.7 Å². The highest BCUT2D eigenvalue weighted by Crippen LogP contribution is 2.34. The van der Waals surface area contributed by atoms with Crippen LogP contribution in [0.1, 0.15) is 36.9 Å². The minimum atomic E-state index is -0.0845. The van der Waals surface area contributed by atoms with Gasteiger partial charge < -0.3 is 0 Å². The number of thiophene rings is 1. The second-order valence-electron chi connectivity index (χ2n) is 5.67. The third kappa shape index (κ3) is 2.59. The molecule has 1 amide bonds. The minimum Gasteiger partial charge on any atom is -0.273 e. The number of amides is 1. The molecule has 3 aromatic rings. The van der Waals surface area contributed by atoms with Crippen molar-refractivity contribution < 1.29 is 4.79 Å². The summed E-state index contributed by atoms with van der Waals surface area (Å²) in [6.07, 6.45) is 4.52. The summed E-state index contributed by atoms with van der Waals surface area (Å²) in [5, 5.41) is 10.3. The van der Waals surface area contributed by atoms with Gasteiger partial charge in [-0.25, -0.2) is 5.01 Å². The molecule has 0 bridgehead atoms. The van der Waals surface area contributed by atoms with Crippen LogP contribution in [-0.4, -0.2) is 26.6 Å². The Morgan fingerprint density at radius 1 is 1.25 bits per heavy atom. The normalized spacial score (nSPS) is 17.3. The number of carbonyl (C=O) groups is 1. The van der Waals surface area contributed by atoms with Gasteiger partial charge in [-0.1, -0.05) is 13.0 Å². The van der Waals surface area contributed by atoms with E-state index in [9.17, 15) is 4.79 Å². The molecule has 0 radical (unpaired) electrons. The first-order valence-electron chi connectivity index (χ1n) is 7.89. The molecule has 0 fully saturated rings. The molecule has 0 spiro atoms. The number of nitrogens with zero attached hydrogens (tertiary/aromatic N) is 4. The summed E-state index contributed by atoms with van der Waals surface area (Å²) < 4.78 is 0. The van der Waals surface area contributed by atoms with E-state index in [1.807, 2.05) is 36.6 Å². The summed E-state index contributed by atoms with van der Waals surface area (Å²) in [6, 6.07) is 7.94. The number of fused-ring (bicyclic) bond motifs is 1. The van der Waals surface area contributed by atoms with Crippen molar-refractivity contribution in [1.82, 2.24) is 15.0 Å². The van der Waals surface area contributed by atoms with Gasteiger partial charge in [0, 0.05) is 30.8 Å². The Labute approximate surface area is 143 Å². The van der Waals surface area contributed by atoms with Gasteiger partial charge in [-0.15, -0.1) is 0 Å². The van der Waals surface area contributed by atoms with E-state index >= 15 is 0 Å². The molecule has 1 aromatic carbocycles. The molecule has 0 saturated heterocycles. The van der Waals surface area contributed by atoms with Crippen molar-refractivity contribution in [2.45, 2.75) is 25.8 Å². The van der Waals surface area contributed by atoms with Crippen LogP contribution in [0.4, 0.5) is 0 Å². The number of hydrazone groups is 1. The van der Waals surface area contributed by atoms with Crippen LogP contribution < -0.4 is 0 Å². The Morgan fingerprint density at radius 2 is 2.08 bits per heavy atom. The monoisotopic (exact) mass is 336 g/mol. The molecule has 6 heteroatoms. The summed E-state index contributed by atoms with van der Waals surface area (Å²) >= 11 is 1.64. The lowest BCUT2D eigenvalue weighted by Gasteiger charge is -2.21. The van der Waals surface area contributed by atoms with Crippen molar-refractivity contribution >= 4 is 34.0 Å². The molecule has 3 heterocycles. The van der Waals surface area contributed by atoms with Gasteiger partial charge >= 0.3 is 0 Å². The summed E-state index contributed by atoms with van der Waals surface area (Å²) in [4.78, 5) is 21.0. The largest absolute Gasteiger partial charge is 0.273 e. The lowest BCUT2D eigenvalue weighted by molar-refractivity contribution is -0.132. The summed E-state index contributed by atoms with van der Waals surface area (Å²) in [5.74, 6) is 0.0319. The third-order valence-corrected chi connectivity index (χ3v) is 4.88. The fraction of sp³-hybridized carbons (Fsp3) is 0.222. The van der Waals surface area contributed by atoms with E-state index in [-0.39, 0.29) is 11.9 Å². The molecular weight excluding hydrogens is 320 g/mol. The molecule has 1 aliphatic heterocycles. The van der Waals surface area contributed by atoms with E-state index in [2.05, 4.69) is 20.4 Å². The summed E-state index contributed by atoms with van der Waals surface area (Å²) in [7, 11) is 0. The lowest BCUT2D eigenvalue weighted by Crippen LogP contribution is -2.26. The topological polar surface area (TPSA) is 58.5 Å². The highest BCUT2D eigenvalue weighted by molar-refractivity contribution is 7.08. The molecule has 24 heavy (non-hydrogen) atoms. The molecule has 0 aliphatic carbocycles. The highest BCUT2D eigenvalue weighted by atomic mass is 32.1. The Bertz CT molecular complexity index is 920. The zero-order valence-corrected chi connectivity index (χ0v) is 14.0. The van der Waals surface area contributed by atoms with E-state index in [0.29, 0.717) is 12.8 Å². The average Bonchev–Trinajstić information content (AvgIpc) is 3.30. The van der Waals surface area contributed by atoms with Gasteiger partial charge in [-0.2, -0.15) is 16.4 Å². The van der Waals surface area contributed by atoms with Gasteiger partial charge in [0.25, 0.3) is 0 Å². The Morgan fingerprint density at radius 3 is 2.83 bits per heavy atom.